The SMILES string of the molecule is CNc1ccc(C(F)(F)F)cn1.O=C(c1c(-c2ccccc2)nn2ccccc12)N1CCCC1. The maximum atomic E-state index is 13.0. The van der Waals surface area contributed by atoms with Crippen molar-refractivity contribution in [3.63, 3.8) is 0 Å². The number of rotatable bonds is 3. The molecule has 6 nitrogen and oxygen atoms in total. The van der Waals surface area contributed by atoms with Gasteiger partial charge in [-0.25, -0.2) is 9.50 Å². The Hall–Kier alpha value is -3.88. The summed E-state index contributed by atoms with van der Waals surface area (Å²) in [7, 11) is 1.59. The number of amides is 1. The molecule has 1 aromatic carbocycles. The second-order valence-corrected chi connectivity index (χ2v) is 7.80. The highest BCUT2D eigenvalue weighted by molar-refractivity contribution is 6.06. The van der Waals surface area contributed by atoms with E-state index in [4.69, 9.17) is 0 Å². The highest BCUT2D eigenvalue weighted by atomic mass is 19.4. The van der Waals surface area contributed by atoms with Gasteiger partial charge in [-0.15, -0.1) is 0 Å². The van der Waals surface area contributed by atoms with Crippen LogP contribution in [0.4, 0.5) is 19.0 Å². The summed E-state index contributed by atoms with van der Waals surface area (Å²) in [6.45, 7) is 1.69. The highest BCUT2D eigenvalue weighted by Gasteiger charge is 2.30. The molecule has 9 heteroatoms. The van der Waals surface area contributed by atoms with Crippen molar-refractivity contribution in [3.8, 4) is 11.3 Å². The smallest absolute Gasteiger partial charge is 0.373 e. The van der Waals surface area contributed by atoms with Gasteiger partial charge in [0.25, 0.3) is 5.91 Å². The summed E-state index contributed by atoms with van der Waals surface area (Å²) >= 11 is 0. The van der Waals surface area contributed by atoms with Crippen LogP contribution in [0.5, 0.6) is 0 Å². The van der Waals surface area contributed by atoms with Gasteiger partial charge in [-0.3, -0.25) is 4.79 Å². The van der Waals surface area contributed by atoms with E-state index in [9.17, 15) is 18.0 Å². The second kappa shape index (κ2) is 9.94. The Morgan fingerprint density at radius 3 is 2.29 bits per heavy atom. The fraction of sp³-hybridized carbons (Fsp3) is 0.240. The van der Waals surface area contributed by atoms with Crippen LogP contribution in [0.25, 0.3) is 16.8 Å². The molecule has 3 aromatic heterocycles. The van der Waals surface area contributed by atoms with Crippen molar-refractivity contribution < 1.29 is 18.0 Å². The van der Waals surface area contributed by atoms with Gasteiger partial charge in [-0.05, 0) is 37.1 Å². The van der Waals surface area contributed by atoms with Crippen molar-refractivity contribution in [2.75, 3.05) is 25.5 Å². The van der Waals surface area contributed by atoms with Gasteiger partial charge in [0.1, 0.15) is 11.5 Å². The minimum absolute atomic E-state index is 0.0950. The molecule has 1 amide bonds. The van der Waals surface area contributed by atoms with Crippen LogP contribution in [0.1, 0.15) is 28.8 Å². The molecule has 1 aliphatic heterocycles. The fourth-order valence-electron chi connectivity index (χ4n) is 3.80. The molecule has 1 saturated heterocycles. The van der Waals surface area contributed by atoms with E-state index in [2.05, 4.69) is 15.4 Å². The number of alkyl halides is 3. The number of nitrogens with zero attached hydrogens (tertiary/aromatic N) is 4. The van der Waals surface area contributed by atoms with E-state index in [1.54, 1.807) is 11.6 Å². The zero-order valence-electron chi connectivity index (χ0n) is 18.6. The maximum absolute atomic E-state index is 13.0. The molecule has 0 unspecified atom stereocenters. The molecular formula is C25H24F3N5O. The molecule has 4 heterocycles. The molecule has 0 atom stereocenters. The Labute approximate surface area is 195 Å². The molecule has 0 bridgehead atoms. The molecular weight excluding hydrogens is 443 g/mol. The van der Waals surface area contributed by atoms with Crippen LogP contribution in [0, 0.1) is 0 Å². The molecule has 176 valence electrons. The molecule has 1 aliphatic rings. The third-order valence-electron chi connectivity index (χ3n) is 5.54. The van der Waals surface area contributed by atoms with E-state index in [1.165, 1.54) is 6.07 Å². The number of carbonyl (C=O) groups excluding carboxylic acids is 1. The first-order valence-electron chi connectivity index (χ1n) is 10.9. The van der Waals surface area contributed by atoms with Crippen molar-refractivity contribution in [2.24, 2.45) is 0 Å². The minimum atomic E-state index is -4.31. The number of likely N-dealkylation sites (tertiary alicyclic amines) is 1. The molecule has 1 N–H and O–H groups in total. The van der Waals surface area contributed by atoms with Gasteiger partial charge in [0.2, 0.25) is 0 Å². The van der Waals surface area contributed by atoms with Crippen molar-refractivity contribution in [2.45, 2.75) is 19.0 Å². The maximum Gasteiger partial charge on any atom is 0.417 e. The van der Waals surface area contributed by atoms with Gasteiger partial charge >= 0.3 is 6.18 Å². The molecule has 34 heavy (non-hydrogen) atoms. The number of halogens is 3. The number of pyridine rings is 2. The molecule has 1 fully saturated rings. The Morgan fingerprint density at radius 2 is 1.68 bits per heavy atom. The molecule has 0 aliphatic carbocycles. The standard InChI is InChI=1S/C18H17N3O.C7H7F3N2/c22-18(20-11-6-7-12-20)16-15-10-4-5-13-21(15)19-17(16)14-8-2-1-3-9-14;1-11-6-3-2-5(4-12-6)7(8,9)10/h1-5,8-10,13H,6-7,11-12H2;2-4H,1H3,(H,11,12). The lowest BCUT2D eigenvalue weighted by Gasteiger charge is -2.15. The van der Waals surface area contributed by atoms with Crippen LogP contribution in [-0.4, -0.2) is 45.5 Å². The van der Waals surface area contributed by atoms with E-state index >= 15 is 0 Å². The summed E-state index contributed by atoms with van der Waals surface area (Å²) in [5.41, 5.74) is 2.60. The summed E-state index contributed by atoms with van der Waals surface area (Å²) in [5, 5.41) is 7.27. The number of nitrogens with one attached hydrogen (secondary N) is 1. The highest BCUT2D eigenvalue weighted by Crippen LogP contribution is 2.29. The Morgan fingerprint density at radius 1 is 0.971 bits per heavy atom. The zero-order valence-corrected chi connectivity index (χ0v) is 18.6. The van der Waals surface area contributed by atoms with Crippen LogP contribution >= 0.6 is 0 Å². The molecule has 4 aromatic rings. The number of hydrogen-bond acceptors (Lipinski definition) is 4. The monoisotopic (exact) mass is 467 g/mol. The van der Waals surface area contributed by atoms with E-state index in [-0.39, 0.29) is 5.91 Å². The third kappa shape index (κ3) is 5.03. The van der Waals surface area contributed by atoms with E-state index in [0.717, 1.165) is 55.0 Å². The molecule has 0 radical (unpaired) electrons. The van der Waals surface area contributed by atoms with Gasteiger partial charge in [0.15, 0.2) is 0 Å². The van der Waals surface area contributed by atoms with Crippen LogP contribution in [0.2, 0.25) is 0 Å². The Bertz CT molecular complexity index is 1250. The van der Waals surface area contributed by atoms with Gasteiger partial charge in [0, 0.05) is 38.1 Å². The number of aromatic nitrogens is 3. The summed E-state index contributed by atoms with van der Waals surface area (Å²) in [4.78, 5) is 18.5. The average molecular weight is 467 g/mol. The zero-order chi connectivity index (χ0) is 24.1. The second-order valence-electron chi connectivity index (χ2n) is 7.80. The quantitative estimate of drug-likeness (QED) is 0.440. The topological polar surface area (TPSA) is 62.5 Å². The van der Waals surface area contributed by atoms with Crippen LogP contribution in [-0.2, 0) is 6.18 Å². The van der Waals surface area contributed by atoms with Crippen molar-refractivity contribution in [1.29, 1.82) is 0 Å². The van der Waals surface area contributed by atoms with Crippen molar-refractivity contribution >= 4 is 17.2 Å². The number of anilines is 1. The summed E-state index contributed by atoms with van der Waals surface area (Å²) < 4.78 is 37.7. The summed E-state index contributed by atoms with van der Waals surface area (Å²) in [5.74, 6) is 0.514. The first-order chi connectivity index (χ1) is 16.4. The number of fused-ring (bicyclic) bond motifs is 1. The number of hydrogen-bond donors (Lipinski definition) is 1. The van der Waals surface area contributed by atoms with Crippen molar-refractivity contribution in [3.05, 3.63) is 84.2 Å². The predicted octanol–water partition coefficient (Wildman–Crippen LogP) is 5.38. The predicted molar refractivity (Wildman–Crippen MR) is 125 cm³/mol. The van der Waals surface area contributed by atoms with Gasteiger partial charge in [0.05, 0.1) is 16.6 Å². The lowest BCUT2D eigenvalue weighted by molar-refractivity contribution is -0.137. The normalized spacial score (nSPS) is 13.5. The van der Waals surface area contributed by atoms with Gasteiger partial charge in [-0.2, -0.15) is 18.3 Å². The minimum Gasteiger partial charge on any atom is -0.373 e. The summed E-state index contributed by atoms with van der Waals surface area (Å²) in [6.07, 6.45) is 0.560. The van der Waals surface area contributed by atoms with E-state index in [1.807, 2.05) is 59.6 Å². The number of carbonyl (C=O) groups is 1. The van der Waals surface area contributed by atoms with Gasteiger partial charge < -0.3 is 10.2 Å². The number of benzene rings is 1. The fourth-order valence-corrected chi connectivity index (χ4v) is 3.80. The van der Waals surface area contributed by atoms with Crippen molar-refractivity contribution in [1.82, 2.24) is 19.5 Å². The van der Waals surface area contributed by atoms with Gasteiger partial charge in [-0.1, -0.05) is 36.4 Å². The van der Waals surface area contributed by atoms with E-state index in [0.29, 0.717) is 11.4 Å². The average Bonchev–Trinajstić information content (AvgIpc) is 3.53. The summed E-state index contributed by atoms with van der Waals surface area (Å²) in [6, 6.07) is 18.0. The largest absolute Gasteiger partial charge is 0.417 e. The Balaban J connectivity index is 0.000000195. The lowest BCUT2D eigenvalue weighted by Crippen LogP contribution is -2.27. The van der Waals surface area contributed by atoms with Crippen LogP contribution in [0.15, 0.2) is 73.1 Å². The molecule has 0 saturated carbocycles. The first kappa shape index (κ1) is 23.3. The van der Waals surface area contributed by atoms with Crippen LogP contribution in [0.3, 0.4) is 0 Å². The molecule has 5 rings (SSSR count). The molecule has 0 spiro atoms. The van der Waals surface area contributed by atoms with Crippen LogP contribution < -0.4 is 5.32 Å². The lowest BCUT2D eigenvalue weighted by atomic mass is 10.1. The first-order valence-corrected chi connectivity index (χ1v) is 10.9. The Kier molecular flexibility index (Phi) is 6.81. The third-order valence-corrected chi connectivity index (χ3v) is 5.54. The van der Waals surface area contributed by atoms with E-state index < -0.39 is 11.7 Å².